The van der Waals surface area contributed by atoms with E-state index in [0.29, 0.717) is 13.2 Å². The van der Waals surface area contributed by atoms with E-state index in [1.165, 1.54) is 6.20 Å². The van der Waals surface area contributed by atoms with Crippen LogP contribution in [0, 0.1) is 11.3 Å². The first-order chi connectivity index (χ1) is 9.69. The fraction of sp³-hybridized carbons (Fsp3) is 0.333. The molecule has 0 aliphatic heterocycles. The first-order valence-corrected chi connectivity index (χ1v) is 6.36. The second-order valence-electron chi connectivity index (χ2n) is 4.20. The van der Waals surface area contributed by atoms with Crippen molar-refractivity contribution in [3.8, 4) is 6.07 Å². The van der Waals surface area contributed by atoms with E-state index in [-0.39, 0.29) is 11.5 Å². The molecule has 5 nitrogen and oxygen atoms in total. The number of carbonyl (C=O) groups excluding carboxylic acids is 1. The molecule has 1 aromatic carbocycles. The average Bonchev–Trinajstić information content (AvgIpc) is 2.49. The van der Waals surface area contributed by atoms with E-state index in [1.54, 1.807) is 19.1 Å². The van der Waals surface area contributed by atoms with Crippen molar-refractivity contribution in [1.82, 2.24) is 5.32 Å². The molecule has 1 aromatic rings. The molecular weight excluding hydrogens is 254 g/mol. The lowest BCUT2D eigenvalue weighted by Gasteiger charge is -2.14. The summed E-state index contributed by atoms with van der Waals surface area (Å²) >= 11 is 0. The zero-order valence-electron chi connectivity index (χ0n) is 11.8. The quantitative estimate of drug-likeness (QED) is 0.466. The summed E-state index contributed by atoms with van der Waals surface area (Å²) in [5, 5.41) is 11.8. The molecule has 0 unspecified atom stereocenters. The molecule has 0 fully saturated rings. The molecule has 106 valence electrons. The number of benzene rings is 1. The summed E-state index contributed by atoms with van der Waals surface area (Å²) < 4.78 is 4.89. The van der Waals surface area contributed by atoms with Gasteiger partial charge in [0.2, 0.25) is 0 Å². The van der Waals surface area contributed by atoms with Gasteiger partial charge >= 0.3 is 0 Å². The molecule has 20 heavy (non-hydrogen) atoms. The summed E-state index contributed by atoms with van der Waals surface area (Å²) in [6, 6.07) is 11.4. The fourth-order valence-corrected chi connectivity index (χ4v) is 1.58. The number of para-hydroxylation sites is 1. The number of amides is 1. The number of hydrogen-bond acceptors (Lipinski definition) is 4. The molecule has 0 aromatic heterocycles. The Morgan fingerprint density at radius 3 is 2.75 bits per heavy atom. The molecule has 0 radical (unpaired) electrons. The molecule has 1 N–H and O–H groups in total. The van der Waals surface area contributed by atoms with Gasteiger partial charge in [0.05, 0.1) is 0 Å². The Bertz CT molecular complexity index is 492. The van der Waals surface area contributed by atoms with Crippen molar-refractivity contribution in [2.45, 2.75) is 6.42 Å². The summed E-state index contributed by atoms with van der Waals surface area (Å²) in [5.74, 6) is -0.369. The zero-order valence-corrected chi connectivity index (χ0v) is 11.8. The monoisotopic (exact) mass is 273 g/mol. The number of ether oxygens (including phenoxy) is 1. The summed E-state index contributed by atoms with van der Waals surface area (Å²) in [4.78, 5) is 13.6. The van der Waals surface area contributed by atoms with Gasteiger partial charge in [0.25, 0.3) is 5.91 Å². The smallest absolute Gasteiger partial charge is 0.263 e. The fourth-order valence-electron chi connectivity index (χ4n) is 1.58. The van der Waals surface area contributed by atoms with Gasteiger partial charge in [0.1, 0.15) is 11.6 Å². The van der Waals surface area contributed by atoms with Gasteiger partial charge in [-0.25, -0.2) is 0 Å². The van der Waals surface area contributed by atoms with E-state index in [2.05, 4.69) is 5.32 Å². The minimum absolute atomic E-state index is 0.0776. The maximum absolute atomic E-state index is 11.8. The van der Waals surface area contributed by atoms with Crippen molar-refractivity contribution < 1.29 is 9.53 Å². The van der Waals surface area contributed by atoms with Gasteiger partial charge < -0.3 is 15.0 Å². The first-order valence-electron chi connectivity index (χ1n) is 6.36. The summed E-state index contributed by atoms with van der Waals surface area (Å²) in [6.07, 6.45) is 2.25. The molecule has 0 saturated heterocycles. The zero-order chi connectivity index (χ0) is 14.8. The first kappa shape index (κ1) is 15.7. The van der Waals surface area contributed by atoms with Crippen LogP contribution < -0.4 is 10.2 Å². The van der Waals surface area contributed by atoms with Crippen LogP contribution in [0.2, 0.25) is 0 Å². The highest BCUT2D eigenvalue weighted by Gasteiger charge is 2.09. The molecule has 0 bridgehead atoms. The molecule has 0 aliphatic carbocycles. The molecule has 0 spiro atoms. The predicted molar refractivity (Wildman–Crippen MR) is 78.0 cm³/mol. The Morgan fingerprint density at radius 2 is 2.15 bits per heavy atom. The molecule has 1 rings (SSSR count). The Balaban J connectivity index is 2.63. The number of methoxy groups -OCH3 is 1. The van der Waals surface area contributed by atoms with Gasteiger partial charge in [0, 0.05) is 39.2 Å². The van der Waals surface area contributed by atoms with Gasteiger partial charge in [-0.1, -0.05) is 18.2 Å². The van der Waals surface area contributed by atoms with Crippen LogP contribution in [0.3, 0.4) is 0 Å². The van der Waals surface area contributed by atoms with Crippen molar-refractivity contribution in [3.05, 3.63) is 42.1 Å². The van der Waals surface area contributed by atoms with Crippen LogP contribution in [0.1, 0.15) is 6.42 Å². The number of rotatable bonds is 7. The number of nitrogens with one attached hydrogen (secondary N) is 1. The van der Waals surface area contributed by atoms with Crippen molar-refractivity contribution in [1.29, 1.82) is 5.26 Å². The summed E-state index contributed by atoms with van der Waals surface area (Å²) in [6.45, 7) is 1.07. The Kier molecular flexibility index (Phi) is 6.87. The minimum atomic E-state index is -0.369. The topological polar surface area (TPSA) is 65.4 Å². The van der Waals surface area contributed by atoms with E-state index < -0.39 is 0 Å². The second kappa shape index (κ2) is 8.73. The maximum Gasteiger partial charge on any atom is 0.263 e. The normalized spacial score (nSPS) is 10.8. The molecule has 5 heteroatoms. The van der Waals surface area contributed by atoms with Gasteiger partial charge in [-0.05, 0) is 18.6 Å². The summed E-state index contributed by atoms with van der Waals surface area (Å²) in [7, 11) is 3.40. The molecule has 0 heterocycles. The Morgan fingerprint density at radius 1 is 1.45 bits per heavy atom. The lowest BCUT2D eigenvalue weighted by Crippen LogP contribution is -2.27. The molecular formula is C15H19N3O2. The molecule has 1 amide bonds. The minimum Gasteiger partial charge on any atom is -0.385 e. The van der Waals surface area contributed by atoms with Crippen molar-refractivity contribution in [2.24, 2.45) is 0 Å². The number of nitriles is 1. The molecule has 0 saturated carbocycles. The van der Waals surface area contributed by atoms with Gasteiger partial charge in [-0.15, -0.1) is 0 Å². The van der Waals surface area contributed by atoms with Crippen molar-refractivity contribution in [3.63, 3.8) is 0 Å². The third-order valence-corrected chi connectivity index (χ3v) is 2.66. The number of anilines is 1. The van der Waals surface area contributed by atoms with Crippen LogP contribution in [-0.2, 0) is 9.53 Å². The second-order valence-corrected chi connectivity index (χ2v) is 4.20. The van der Waals surface area contributed by atoms with Crippen LogP contribution >= 0.6 is 0 Å². The number of nitrogens with zero attached hydrogens (tertiary/aromatic N) is 2. The maximum atomic E-state index is 11.8. The van der Waals surface area contributed by atoms with E-state index >= 15 is 0 Å². The van der Waals surface area contributed by atoms with Gasteiger partial charge in [-0.3, -0.25) is 4.79 Å². The molecule has 0 atom stereocenters. The van der Waals surface area contributed by atoms with E-state index in [9.17, 15) is 4.79 Å². The Hall–Kier alpha value is -2.32. The van der Waals surface area contributed by atoms with Crippen LogP contribution in [-0.4, -0.2) is 33.2 Å². The van der Waals surface area contributed by atoms with Crippen molar-refractivity contribution >= 4 is 11.6 Å². The van der Waals surface area contributed by atoms with Crippen LogP contribution in [0.4, 0.5) is 5.69 Å². The van der Waals surface area contributed by atoms with Crippen LogP contribution in [0.5, 0.6) is 0 Å². The lowest BCUT2D eigenvalue weighted by atomic mass is 10.2. The van der Waals surface area contributed by atoms with Crippen molar-refractivity contribution in [2.75, 3.05) is 32.2 Å². The Labute approximate surface area is 119 Å². The molecule has 0 aliphatic rings. The highest BCUT2D eigenvalue weighted by atomic mass is 16.5. The van der Waals surface area contributed by atoms with E-state index in [0.717, 1.165) is 12.1 Å². The highest BCUT2D eigenvalue weighted by Crippen LogP contribution is 2.12. The summed E-state index contributed by atoms with van der Waals surface area (Å²) in [5.41, 5.74) is 0.987. The number of carbonyl (C=O) groups is 1. The van der Waals surface area contributed by atoms with E-state index in [4.69, 9.17) is 10.00 Å². The standard InChI is InChI=1S/C15H19N3O2/c1-18(14-7-4-3-5-8-14)12-13(11-16)15(19)17-9-6-10-20-2/h3-5,7-8,12H,6,9-10H2,1-2H3,(H,17,19)/b13-12-. The largest absolute Gasteiger partial charge is 0.385 e. The highest BCUT2D eigenvalue weighted by molar-refractivity contribution is 5.97. The van der Waals surface area contributed by atoms with Gasteiger partial charge in [-0.2, -0.15) is 5.26 Å². The lowest BCUT2D eigenvalue weighted by molar-refractivity contribution is -0.117. The van der Waals surface area contributed by atoms with E-state index in [1.807, 2.05) is 36.4 Å². The average molecular weight is 273 g/mol. The number of hydrogen-bond donors (Lipinski definition) is 1. The predicted octanol–water partition coefficient (Wildman–Crippen LogP) is 1.68. The van der Waals surface area contributed by atoms with Crippen LogP contribution in [0.25, 0.3) is 0 Å². The SMILES string of the molecule is COCCCNC(=O)/C(C#N)=C\N(C)c1ccccc1. The third-order valence-electron chi connectivity index (χ3n) is 2.66. The van der Waals surface area contributed by atoms with Gasteiger partial charge in [0.15, 0.2) is 0 Å². The third kappa shape index (κ3) is 5.12. The van der Waals surface area contributed by atoms with Crippen LogP contribution in [0.15, 0.2) is 42.1 Å².